The predicted octanol–water partition coefficient (Wildman–Crippen LogP) is 12.0. The molecule has 0 saturated carbocycles. The number of hydrogen-bond acceptors (Lipinski definition) is 1. The summed E-state index contributed by atoms with van der Waals surface area (Å²) >= 11 is 0. The Balaban J connectivity index is 1.30. The fourth-order valence-corrected chi connectivity index (χ4v) is 6.79. The van der Waals surface area contributed by atoms with E-state index in [1.165, 1.54) is 60.0 Å². The maximum Gasteiger partial charge on any atom is 0.144 e. The van der Waals surface area contributed by atoms with E-state index in [2.05, 4.69) is 152 Å². The molecule has 9 rings (SSSR count). The summed E-state index contributed by atoms with van der Waals surface area (Å²) in [7, 11) is 0. The molecule has 0 atom stereocenters. The van der Waals surface area contributed by atoms with E-state index in [1.807, 2.05) is 6.07 Å². The molecule has 1 nitrogen and oxygen atoms in total. The van der Waals surface area contributed by atoms with Gasteiger partial charge in [-0.3, -0.25) is 0 Å². The zero-order valence-corrected chi connectivity index (χ0v) is 23.4. The van der Waals surface area contributed by atoms with Crippen molar-refractivity contribution in [1.29, 1.82) is 0 Å². The predicted molar refractivity (Wildman–Crippen MR) is 183 cm³/mol. The van der Waals surface area contributed by atoms with E-state index in [4.69, 9.17) is 4.42 Å². The van der Waals surface area contributed by atoms with Crippen molar-refractivity contribution >= 4 is 54.3 Å². The number of para-hydroxylation sites is 1. The van der Waals surface area contributed by atoms with Crippen molar-refractivity contribution in [3.63, 3.8) is 0 Å². The average Bonchev–Trinajstić information content (AvgIpc) is 3.47. The first-order valence-electron chi connectivity index (χ1n) is 14.8. The first kappa shape index (κ1) is 24.0. The third kappa shape index (κ3) is 3.79. The lowest BCUT2D eigenvalue weighted by molar-refractivity contribution is 0.670. The molecule has 0 N–H and O–H groups in total. The van der Waals surface area contributed by atoms with Crippen LogP contribution in [0.25, 0.3) is 87.6 Å². The van der Waals surface area contributed by atoms with Crippen LogP contribution < -0.4 is 0 Å². The van der Waals surface area contributed by atoms with Gasteiger partial charge in [0.2, 0.25) is 0 Å². The van der Waals surface area contributed by atoms with Gasteiger partial charge in [-0.1, -0.05) is 133 Å². The topological polar surface area (TPSA) is 13.1 Å². The van der Waals surface area contributed by atoms with E-state index in [1.54, 1.807) is 0 Å². The van der Waals surface area contributed by atoms with E-state index < -0.39 is 0 Å². The lowest BCUT2D eigenvalue weighted by Gasteiger charge is -2.16. The van der Waals surface area contributed by atoms with E-state index in [9.17, 15) is 0 Å². The van der Waals surface area contributed by atoms with Gasteiger partial charge in [-0.2, -0.15) is 0 Å². The number of fused-ring (bicyclic) bond motifs is 7. The molecule has 0 amide bonds. The molecule has 0 saturated heterocycles. The zero-order valence-electron chi connectivity index (χ0n) is 23.4. The number of rotatable bonds is 3. The Bertz CT molecular complexity index is 2500. The highest BCUT2D eigenvalue weighted by atomic mass is 16.3. The Hall–Kier alpha value is -5.66. The number of benzene rings is 8. The summed E-state index contributed by atoms with van der Waals surface area (Å²) < 4.78 is 6.69. The molecular weight excluding hydrogens is 520 g/mol. The largest absolute Gasteiger partial charge is 0.455 e. The standard InChI is InChI=1S/C42H26O/c1-2-11-28(12-3-1)40-39(35-14-6-7-15-36(35)41-37-16-8-9-17-38(37)43-42(40)41)34-23-22-32-25-31(20-21-33(32)26-34)30-19-18-27-10-4-5-13-29(27)24-30/h1-26H. The lowest BCUT2D eigenvalue weighted by atomic mass is 9.86. The van der Waals surface area contributed by atoms with Gasteiger partial charge in [0, 0.05) is 21.9 Å². The van der Waals surface area contributed by atoms with Crippen molar-refractivity contribution in [3.8, 4) is 33.4 Å². The molecule has 0 radical (unpaired) electrons. The van der Waals surface area contributed by atoms with Crippen LogP contribution in [0.4, 0.5) is 0 Å². The molecule has 1 aromatic heterocycles. The van der Waals surface area contributed by atoms with E-state index in [0.29, 0.717) is 0 Å². The van der Waals surface area contributed by atoms with Gasteiger partial charge in [-0.05, 0) is 78.8 Å². The van der Waals surface area contributed by atoms with Crippen LogP contribution in [0.1, 0.15) is 0 Å². The third-order valence-electron chi connectivity index (χ3n) is 8.81. The molecule has 0 bridgehead atoms. The molecule has 0 spiro atoms. The molecule has 9 aromatic rings. The van der Waals surface area contributed by atoms with Crippen molar-refractivity contribution in [3.05, 3.63) is 158 Å². The molecule has 0 aliphatic rings. The van der Waals surface area contributed by atoms with Gasteiger partial charge in [0.15, 0.2) is 0 Å². The zero-order chi connectivity index (χ0) is 28.3. The molecule has 1 heterocycles. The molecule has 0 aliphatic carbocycles. The highest BCUT2D eigenvalue weighted by molar-refractivity contribution is 6.27. The third-order valence-corrected chi connectivity index (χ3v) is 8.81. The summed E-state index contributed by atoms with van der Waals surface area (Å²) in [6.07, 6.45) is 0. The van der Waals surface area contributed by atoms with Crippen LogP contribution in [-0.4, -0.2) is 0 Å². The molecule has 200 valence electrons. The van der Waals surface area contributed by atoms with Crippen LogP contribution in [0.5, 0.6) is 0 Å². The van der Waals surface area contributed by atoms with Gasteiger partial charge >= 0.3 is 0 Å². The first-order valence-corrected chi connectivity index (χ1v) is 14.8. The normalized spacial score (nSPS) is 11.7. The van der Waals surface area contributed by atoms with Crippen LogP contribution in [0, 0.1) is 0 Å². The fraction of sp³-hybridized carbons (Fsp3) is 0. The first-order chi connectivity index (χ1) is 21.3. The monoisotopic (exact) mass is 546 g/mol. The second kappa shape index (κ2) is 9.44. The smallest absolute Gasteiger partial charge is 0.144 e. The highest BCUT2D eigenvalue weighted by Gasteiger charge is 2.22. The van der Waals surface area contributed by atoms with E-state index in [-0.39, 0.29) is 0 Å². The van der Waals surface area contributed by atoms with Crippen LogP contribution in [0.3, 0.4) is 0 Å². The van der Waals surface area contributed by atoms with Crippen LogP contribution >= 0.6 is 0 Å². The Morgan fingerprint density at radius 1 is 0.326 bits per heavy atom. The second-order valence-electron chi connectivity index (χ2n) is 11.3. The Labute approximate surface area is 249 Å². The Morgan fingerprint density at radius 3 is 1.63 bits per heavy atom. The lowest BCUT2D eigenvalue weighted by Crippen LogP contribution is -1.90. The second-order valence-corrected chi connectivity index (χ2v) is 11.3. The summed E-state index contributed by atoms with van der Waals surface area (Å²) in [5.74, 6) is 0. The minimum atomic E-state index is 0.914. The molecular formula is C42H26O. The van der Waals surface area contributed by atoms with Gasteiger partial charge in [-0.25, -0.2) is 0 Å². The van der Waals surface area contributed by atoms with E-state index in [0.717, 1.165) is 27.7 Å². The maximum atomic E-state index is 6.69. The fourth-order valence-electron chi connectivity index (χ4n) is 6.79. The minimum Gasteiger partial charge on any atom is -0.455 e. The van der Waals surface area contributed by atoms with Crippen LogP contribution in [0.2, 0.25) is 0 Å². The summed E-state index contributed by atoms with van der Waals surface area (Å²) in [6.45, 7) is 0. The Morgan fingerprint density at radius 2 is 0.860 bits per heavy atom. The molecule has 0 aliphatic heterocycles. The van der Waals surface area contributed by atoms with Crippen LogP contribution in [-0.2, 0) is 0 Å². The summed E-state index contributed by atoms with van der Waals surface area (Å²) in [5, 5.41) is 9.74. The van der Waals surface area contributed by atoms with Gasteiger partial charge in [-0.15, -0.1) is 0 Å². The van der Waals surface area contributed by atoms with Crippen molar-refractivity contribution in [2.24, 2.45) is 0 Å². The molecule has 8 aromatic carbocycles. The molecule has 43 heavy (non-hydrogen) atoms. The summed E-state index contributed by atoms with van der Waals surface area (Å²) in [4.78, 5) is 0. The van der Waals surface area contributed by atoms with Crippen molar-refractivity contribution in [2.45, 2.75) is 0 Å². The van der Waals surface area contributed by atoms with Crippen molar-refractivity contribution in [1.82, 2.24) is 0 Å². The quantitative estimate of drug-likeness (QED) is 0.215. The van der Waals surface area contributed by atoms with Crippen molar-refractivity contribution in [2.75, 3.05) is 0 Å². The molecule has 1 heteroatoms. The van der Waals surface area contributed by atoms with Gasteiger partial charge in [0.25, 0.3) is 0 Å². The van der Waals surface area contributed by atoms with Crippen LogP contribution in [0.15, 0.2) is 162 Å². The number of furan rings is 1. The SMILES string of the molecule is c1ccc(-c2c(-c3ccc4cc(-c5ccc6ccccc6c5)ccc4c3)c3ccccc3c3c2oc2ccccc23)cc1. The summed E-state index contributed by atoms with van der Waals surface area (Å²) in [6, 6.07) is 56.8. The van der Waals surface area contributed by atoms with Gasteiger partial charge in [0.05, 0.1) is 0 Å². The molecule has 0 unspecified atom stereocenters. The summed E-state index contributed by atoms with van der Waals surface area (Å²) in [5.41, 5.74) is 8.99. The molecule has 0 fully saturated rings. The van der Waals surface area contributed by atoms with E-state index >= 15 is 0 Å². The maximum absolute atomic E-state index is 6.69. The van der Waals surface area contributed by atoms with Crippen molar-refractivity contribution < 1.29 is 4.42 Å². The highest BCUT2D eigenvalue weighted by Crippen LogP contribution is 2.48. The Kier molecular flexibility index (Phi) is 5.27. The minimum absolute atomic E-state index is 0.914. The average molecular weight is 547 g/mol. The van der Waals surface area contributed by atoms with Gasteiger partial charge in [0.1, 0.15) is 11.2 Å². The van der Waals surface area contributed by atoms with Gasteiger partial charge < -0.3 is 4.42 Å². The number of hydrogen-bond donors (Lipinski definition) is 0.